The molecule has 0 spiro atoms. The minimum Gasteiger partial charge on any atom is -0.483 e. The summed E-state index contributed by atoms with van der Waals surface area (Å²) in [5.41, 5.74) is 5.76. The number of ether oxygens (including phenoxy) is 1. The summed E-state index contributed by atoms with van der Waals surface area (Å²) in [6, 6.07) is 12.3. The first-order valence-corrected chi connectivity index (χ1v) is 7.24. The third-order valence-electron chi connectivity index (χ3n) is 3.91. The van der Waals surface area contributed by atoms with E-state index < -0.39 is 0 Å². The first-order valence-electron chi connectivity index (χ1n) is 7.24. The molecular formula is C18H20N2O. The van der Waals surface area contributed by atoms with E-state index in [1.165, 1.54) is 16.7 Å². The number of hydrogen-bond acceptors (Lipinski definition) is 2. The van der Waals surface area contributed by atoms with Crippen molar-refractivity contribution in [3.8, 4) is 5.75 Å². The van der Waals surface area contributed by atoms with E-state index in [-0.39, 0.29) is 6.10 Å². The lowest BCUT2D eigenvalue weighted by atomic mass is 10.1. The van der Waals surface area contributed by atoms with E-state index in [4.69, 9.17) is 4.74 Å². The van der Waals surface area contributed by atoms with Crippen molar-refractivity contribution in [2.45, 2.75) is 33.8 Å². The Bertz CT molecular complexity index is 789. The van der Waals surface area contributed by atoms with Crippen LogP contribution in [0.4, 0.5) is 0 Å². The van der Waals surface area contributed by atoms with Gasteiger partial charge in [-0.05, 0) is 62.6 Å². The molecule has 1 aromatic heterocycles. The topological polar surface area (TPSA) is 37.9 Å². The number of aromatic amines is 1. The van der Waals surface area contributed by atoms with Crippen molar-refractivity contribution in [2.75, 3.05) is 0 Å². The fourth-order valence-electron chi connectivity index (χ4n) is 2.43. The summed E-state index contributed by atoms with van der Waals surface area (Å²) in [7, 11) is 0. The summed E-state index contributed by atoms with van der Waals surface area (Å²) in [4.78, 5) is 8.01. The molecule has 3 nitrogen and oxygen atoms in total. The van der Waals surface area contributed by atoms with Crippen molar-refractivity contribution < 1.29 is 4.74 Å². The van der Waals surface area contributed by atoms with Gasteiger partial charge in [0.25, 0.3) is 0 Å². The second-order valence-electron chi connectivity index (χ2n) is 5.60. The van der Waals surface area contributed by atoms with E-state index in [9.17, 15) is 0 Å². The lowest BCUT2D eigenvalue weighted by Gasteiger charge is -2.13. The third-order valence-corrected chi connectivity index (χ3v) is 3.91. The Hall–Kier alpha value is -2.29. The van der Waals surface area contributed by atoms with Crippen molar-refractivity contribution in [3.63, 3.8) is 0 Å². The lowest BCUT2D eigenvalue weighted by Crippen LogP contribution is -2.05. The maximum atomic E-state index is 6.01. The first-order chi connectivity index (χ1) is 10.0. The quantitative estimate of drug-likeness (QED) is 0.759. The number of benzene rings is 2. The summed E-state index contributed by atoms with van der Waals surface area (Å²) in [6.07, 6.45) is -0.112. The predicted octanol–water partition coefficient (Wildman–Crippen LogP) is 4.63. The van der Waals surface area contributed by atoms with Crippen molar-refractivity contribution in [2.24, 2.45) is 0 Å². The van der Waals surface area contributed by atoms with Gasteiger partial charge in [0, 0.05) is 0 Å². The second-order valence-corrected chi connectivity index (χ2v) is 5.60. The number of nitrogens with zero attached hydrogens (tertiary/aromatic N) is 1. The summed E-state index contributed by atoms with van der Waals surface area (Å²) >= 11 is 0. The number of H-pyrrole nitrogens is 1. The van der Waals surface area contributed by atoms with Gasteiger partial charge in [0.2, 0.25) is 0 Å². The highest BCUT2D eigenvalue weighted by molar-refractivity contribution is 5.78. The zero-order valence-corrected chi connectivity index (χ0v) is 12.9. The number of imidazole rings is 1. The number of fused-ring (bicyclic) bond motifs is 1. The van der Waals surface area contributed by atoms with Gasteiger partial charge in [-0.25, -0.2) is 4.98 Å². The van der Waals surface area contributed by atoms with Crippen LogP contribution in [0.2, 0.25) is 0 Å². The van der Waals surface area contributed by atoms with Gasteiger partial charge in [-0.15, -0.1) is 0 Å². The van der Waals surface area contributed by atoms with Crippen LogP contribution in [-0.2, 0) is 0 Å². The second kappa shape index (κ2) is 5.24. The molecule has 0 aliphatic heterocycles. The molecule has 0 fully saturated rings. The van der Waals surface area contributed by atoms with E-state index in [2.05, 4.69) is 48.9 Å². The number of nitrogens with one attached hydrogen (secondary N) is 1. The Morgan fingerprint density at radius 2 is 1.81 bits per heavy atom. The van der Waals surface area contributed by atoms with Gasteiger partial charge in [-0.3, -0.25) is 0 Å². The minimum absolute atomic E-state index is 0.112. The average molecular weight is 280 g/mol. The number of aromatic nitrogens is 2. The molecule has 3 heteroatoms. The first kappa shape index (κ1) is 13.7. The smallest absolute Gasteiger partial charge is 0.153 e. The lowest BCUT2D eigenvalue weighted by molar-refractivity contribution is 0.218. The van der Waals surface area contributed by atoms with Crippen LogP contribution in [0.3, 0.4) is 0 Å². The maximum Gasteiger partial charge on any atom is 0.153 e. The highest BCUT2D eigenvalue weighted by Crippen LogP contribution is 2.24. The van der Waals surface area contributed by atoms with E-state index in [1.54, 1.807) is 0 Å². The van der Waals surface area contributed by atoms with Crippen molar-refractivity contribution in [1.82, 2.24) is 9.97 Å². The maximum absolute atomic E-state index is 6.01. The normalized spacial score (nSPS) is 12.6. The zero-order valence-electron chi connectivity index (χ0n) is 12.9. The molecule has 3 aromatic rings. The molecule has 1 unspecified atom stereocenters. The molecule has 0 bridgehead atoms. The van der Waals surface area contributed by atoms with Crippen LogP contribution in [0, 0.1) is 20.8 Å². The minimum atomic E-state index is -0.112. The van der Waals surface area contributed by atoms with Crippen LogP contribution in [0.25, 0.3) is 11.0 Å². The molecule has 1 atom stereocenters. The van der Waals surface area contributed by atoms with Crippen LogP contribution in [-0.4, -0.2) is 9.97 Å². The monoisotopic (exact) mass is 280 g/mol. The van der Waals surface area contributed by atoms with Gasteiger partial charge in [-0.2, -0.15) is 0 Å². The van der Waals surface area contributed by atoms with Crippen LogP contribution in [0.15, 0.2) is 36.4 Å². The number of aryl methyl sites for hydroxylation is 3. The highest BCUT2D eigenvalue weighted by atomic mass is 16.5. The Morgan fingerprint density at radius 1 is 1.00 bits per heavy atom. The Labute approximate surface area is 125 Å². The summed E-state index contributed by atoms with van der Waals surface area (Å²) in [5.74, 6) is 1.74. The van der Waals surface area contributed by atoms with E-state index in [0.717, 1.165) is 22.6 Å². The SMILES string of the molecule is Cc1ccc(OC(C)c2nc3c(C)cccc3[nH]2)cc1C. The van der Waals surface area contributed by atoms with Gasteiger partial charge in [-0.1, -0.05) is 18.2 Å². The molecule has 0 aliphatic rings. The van der Waals surface area contributed by atoms with Crippen molar-refractivity contribution in [3.05, 3.63) is 58.9 Å². The van der Waals surface area contributed by atoms with Gasteiger partial charge < -0.3 is 9.72 Å². The number of para-hydroxylation sites is 1. The van der Waals surface area contributed by atoms with Crippen molar-refractivity contribution >= 4 is 11.0 Å². The van der Waals surface area contributed by atoms with Crippen LogP contribution < -0.4 is 4.74 Å². The molecule has 0 aliphatic carbocycles. The van der Waals surface area contributed by atoms with Crippen LogP contribution >= 0.6 is 0 Å². The molecule has 108 valence electrons. The standard InChI is InChI=1S/C18H20N2O/c1-11-8-9-15(10-13(11)3)21-14(4)18-19-16-7-5-6-12(2)17(16)20-18/h5-10,14H,1-4H3,(H,19,20). The molecule has 0 radical (unpaired) electrons. The summed E-state index contributed by atoms with van der Waals surface area (Å²) in [5, 5.41) is 0. The van der Waals surface area contributed by atoms with E-state index in [1.807, 2.05) is 25.1 Å². The van der Waals surface area contributed by atoms with Gasteiger partial charge in [0.15, 0.2) is 6.10 Å². The Morgan fingerprint density at radius 3 is 2.52 bits per heavy atom. The molecule has 0 saturated carbocycles. The van der Waals surface area contributed by atoms with Gasteiger partial charge >= 0.3 is 0 Å². The number of rotatable bonds is 3. The fraction of sp³-hybridized carbons (Fsp3) is 0.278. The molecule has 3 rings (SSSR count). The van der Waals surface area contributed by atoms with Crippen LogP contribution in [0.1, 0.15) is 35.5 Å². The van der Waals surface area contributed by atoms with Gasteiger partial charge in [0.1, 0.15) is 11.6 Å². The van der Waals surface area contributed by atoms with Gasteiger partial charge in [0.05, 0.1) is 11.0 Å². The largest absolute Gasteiger partial charge is 0.483 e. The van der Waals surface area contributed by atoms with Crippen LogP contribution in [0.5, 0.6) is 5.75 Å². The zero-order chi connectivity index (χ0) is 15.0. The molecule has 0 saturated heterocycles. The molecule has 1 heterocycles. The average Bonchev–Trinajstić information content (AvgIpc) is 2.89. The Kier molecular flexibility index (Phi) is 3.42. The Balaban J connectivity index is 1.87. The molecular weight excluding hydrogens is 260 g/mol. The summed E-state index contributed by atoms with van der Waals surface area (Å²) in [6.45, 7) is 8.28. The molecule has 1 N–H and O–H groups in total. The predicted molar refractivity (Wildman–Crippen MR) is 85.8 cm³/mol. The van der Waals surface area contributed by atoms with E-state index >= 15 is 0 Å². The third kappa shape index (κ3) is 2.64. The van der Waals surface area contributed by atoms with E-state index in [0.29, 0.717) is 0 Å². The molecule has 0 amide bonds. The number of hydrogen-bond donors (Lipinski definition) is 1. The fourth-order valence-corrected chi connectivity index (χ4v) is 2.43. The highest BCUT2D eigenvalue weighted by Gasteiger charge is 2.13. The summed E-state index contributed by atoms with van der Waals surface area (Å²) < 4.78 is 6.01. The molecule has 21 heavy (non-hydrogen) atoms. The molecule has 2 aromatic carbocycles. The van der Waals surface area contributed by atoms with Crippen molar-refractivity contribution in [1.29, 1.82) is 0 Å².